The minimum atomic E-state index is -0.681. The average molecular weight is 457 g/mol. The molecule has 2 atom stereocenters. The lowest BCUT2D eigenvalue weighted by atomic mass is 10.0. The van der Waals surface area contributed by atoms with E-state index < -0.39 is 5.79 Å². The minimum absolute atomic E-state index is 0.111. The Bertz CT molecular complexity index is 897. The maximum atomic E-state index is 6.41. The Labute approximate surface area is 179 Å². The monoisotopic (exact) mass is 456 g/mol. The molecule has 5 nitrogen and oxygen atoms in total. The number of benzene rings is 2. The van der Waals surface area contributed by atoms with Crippen molar-refractivity contribution < 1.29 is 14.2 Å². The molecule has 2 heterocycles. The summed E-state index contributed by atoms with van der Waals surface area (Å²) < 4.78 is 21.6. The Hall–Kier alpha value is -2.15. The third kappa shape index (κ3) is 5.47. The van der Waals surface area contributed by atoms with E-state index in [1.807, 2.05) is 35.0 Å². The largest absolute Gasteiger partial charge is 0.491 e. The Morgan fingerprint density at radius 3 is 2.69 bits per heavy atom. The van der Waals surface area contributed by atoms with E-state index in [1.165, 1.54) is 11.1 Å². The topological polar surface area (TPSA) is 45.5 Å². The summed E-state index contributed by atoms with van der Waals surface area (Å²) in [7, 11) is 0. The molecule has 0 radical (unpaired) electrons. The maximum absolute atomic E-state index is 6.41. The van der Waals surface area contributed by atoms with Crippen LogP contribution in [-0.4, -0.2) is 34.7 Å². The fraction of sp³-hybridized carbons (Fsp3) is 0.348. The molecule has 29 heavy (non-hydrogen) atoms. The highest BCUT2D eigenvalue weighted by Crippen LogP contribution is 2.31. The van der Waals surface area contributed by atoms with Crippen LogP contribution in [0.4, 0.5) is 0 Å². The van der Waals surface area contributed by atoms with E-state index >= 15 is 0 Å². The first-order valence-corrected chi connectivity index (χ1v) is 10.6. The molecule has 1 aliphatic rings. The Morgan fingerprint density at radius 1 is 1.17 bits per heavy atom. The van der Waals surface area contributed by atoms with Gasteiger partial charge in [-0.05, 0) is 43.2 Å². The van der Waals surface area contributed by atoms with Crippen molar-refractivity contribution in [3.8, 4) is 5.75 Å². The Balaban J connectivity index is 1.40. The molecule has 6 heteroatoms. The maximum Gasteiger partial charge on any atom is 0.187 e. The van der Waals surface area contributed by atoms with Gasteiger partial charge in [0.25, 0.3) is 0 Å². The lowest BCUT2D eigenvalue weighted by Crippen LogP contribution is -2.37. The molecule has 0 aliphatic carbocycles. The predicted octanol–water partition coefficient (Wildman–Crippen LogP) is 4.78. The molecule has 0 N–H and O–H groups in total. The van der Waals surface area contributed by atoms with Crippen molar-refractivity contribution in [2.45, 2.75) is 38.2 Å². The van der Waals surface area contributed by atoms with E-state index in [0.29, 0.717) is 19.8 Å². The molecule has 1 aromatic heterocycles. The summed E-state index contributed by atoms with van der Waals surface area (Å²) in [5.74, 6) is 0.142. The average Bonchev–Trinajstić information content (AvgIpc) is 3.38. The highest BCUT2D eigenvalue weighted by molar-refractivity contribution is 9.10. The van der Waals surface area contributed by atoms with Crippen LogP contribution in [0.25, 0.3) is 0 Å². The third-order valence-electron chi connectivity index (χ3n) is 5.06. The Morgan fingerprint density at radius 2 is 1.97 bits per heavy atom. The first kappa shape index (κ1) is 20.1. The van der Waals surface area contributed by atoms with E-state index in [0.717, 1.165) is 23.1 Å². The van der Waals surface area contributed by atoms with Gasteiger partial charge in [0, 0.05) is 23.3 Å². The van der Waals surface area contributed by atoms with Crippen molar-refractivity contribution in [2.75, 3.05) is 13.2 Å². The number of imidazole rings is 1. The number of nitrogens with zero attached hydrogens (tertiary/aromatic N) is 2. The summed E-state index contributed by atoms with van der Waals surface area (Å²) in [5, 5.41) is 0. The smallest absolute Gasteiger partial charge is 0.187 e. The standard InChI is InChI=1S/C23H25BrN2O3/c1-18-2-4-19(5-3-18)10-11-23(16-26-13-12-25-17-26)28-15-22(29-23)14-27-21-8-6-20(24)7-9-21/h2-9,12-13,17,22H,10-11,14-16H2,1H3. The van der Waals surface area contributed by atoms with Crippen LogP contribution in [-0.2, 0) is 22.4 Å². The van der Waals surface area contributed by atoms with Crippen LogP contribution in [0, 0.1) is 6.92 Å². The van der Waals surface area contributed by atoms with Crippen molar-refractivity contribution in [3.05, 3.63) is 82.9 Å². The first-order valence-electron chi connectivity index (χ1n) is 9.82. The number of ether oxygens (including phenoxy) is 3. The number of aromatic nitrogens is 2. The zero-order valence-electron chi connectivity index (χ0n) is 16.5. The van der Waals surface area contributed by atoms with Crippen molar-refractivity contribution in [1.82, 2.24) is 9.55 Å². The van der Waals surface area contributed by atoms with Gasteiger partial charge in [0.15, 0.2) is 5.79 Å². The fourth-order valence-corrected chi connectivity index (χ4v) is 3.72. The van der Waals surface area contributed by atoms with Crippen molar-refractivity contribution in [1.29, 1.82) is 0 Å². The molecule has 0 bridgehead atoms. The van der Waals surface area contributed by atoms with E-state index in [4.69, 9.17) is 14.2 Å². The number of aryl methyl sites for hydroxylation is 2. The molecule has 1 aliphatic heterocycles. The minimum Gasteiger partial charge on any atom is -0.491 e. The van der Waals surface area contributed by atoms with Gasteiger partial charge in [-0.25, -0.2) is 4.98 Å². The van der Waals surface area contributed by atoms with Crippen molar-refractivity contribution >= 4 is 15.9 Å². The van der Waals surface area contributed by atoms with Crippen LogP contribution < -0.4 is 4.74 Å². The van der Waals surface area contributed by atoms with Crippen LogP contribution in [0.5, 0.6) is 5.75 Å². The summed E-state index contributed by atoms with van der Waals surface area (Å²) in [6.07, 6.45) is 7.05. The lowest BCUT2D eigenvalue weighted by molar-refractivity contribution is -0.184. The summed E-state index contributed by atoms with van der Waals surface area (Å²) in [6.45, 7) is 3.67. The number of hydrogen-bond donors (Lipinski definition) is 0. The molecular formula is C23H25BrN2O3. The van der Waals surface area contributed by atoms with Crippen LogP contribution in [0.3, 0.4) is 0 Å². The van der Waals surface area contributed by atoms with Gasteiger partial charge in [-0.2, -0.15) is 0 Å². The second kappa shape index (κ2) is 9.11. The van der Waals surface area contributed by atoms with Gasteiger partial charge >= 0.3 is 0 Å². The van der Waals surface area contributed by atoms with Gasteiger partial charge in [0.05, 0.1) is 19.5 Å². The number of halogens is 1. The molecular weight excluding hydrogens is 432 g/mol. The molecule has 3 aromatic rings. The predicted molar refractivity (Wildman–Crippen MR) is 115 cm³/mol. The second-order valence-electron chi connectivity index (χ2n) is 7.45. The molecule has 2 unspecified atom stereocenters. The number of hydrogen-bond acceptors (Lipinski definition) is 4. The molecule has 1 fully saturated rings. The van der Waals surface area contributed by atoms with Gasteiger partial charge < -0.3 is 18.8 Å². The van der Waals surface area contributed by atoms with Gasteiger partial charge in [-0.15, -0.1) is 0 Å². The summed E-state index contributed by atoms with van der Waals surface area (Å²) in [5.41, 5.74) is 2.54. The molecule has 1 saturated heterocycles. The summed E-state index contributed by atoms with van der Waals surface area (Å²) in [6, 6.07) is 16.4. The van der Waals surface area contributed by atoms with Gasteiger partial charge in [0.2, 0.25) is 0 Å². The molecule has 4 rings (SSSR count). The van der Waals surface area contributed by atoms with Gasteiger partial charge in [0.1, 0.15) is 18.5 Å². The zero-order chi connectivity index (χ0) is 20.1. The lowest BCUT2D eigenvalue weighted by Gasteiger charge is -2.28. The number of rotatable bonds is 8. The normalized spacial score (nSPS) is 21.4. The summed E-state index contributed by atoms with van der Waals surface area (Å²) in [4.78, 5) is 4.15. The molecule has 0 saturated carbocycles. The van der Waals surface area contributed by atoms with Crippen molar-refractivity contribution in [2.24, 2.45) is 0 Å². The van der Waals surface area contributed by atoms with E-state index in [9.17, 15) is 0 Å². The molecule has 2 aromatic carbocycles. The van der Waals surface area contributed by atoms with Gasteiger partial charge in [-0.3, -0.25) is 0 Å². The van der Waals surface area contributed by atoms with Crippen LogP contribution in [0.2, 0.25) is 0 Å². The highest BCUT2D eigenvalue weighted by Gasteiger charge is 2.42. The molecule has 152 valence electrons. The quantitative estimate of drug-likeness (QED) is 0.489. The SMILES string of the molecule is Cc1ccc(CCC2(Cn3ccnc3)OCC(COc3ccc(Br)cc3)O2)cc1. The van der Waals surface area contributed by atoms with E-state index in [2.05, 4.69) is 52.1 Å². The van der Waals surface area contributed by atoms with E-state index in [1.54, 1.807) is 12.5 Å². The second-order valence-corrected chi connectivity index (χ2v) is 8.36. The fourth-order valence-electron chi connectivity index (χ4n) is 3.46. The molecule has 0 amide bonds. The van der Waals surface area contributed by atoms with Crippen LogP contribution in [0.15, 0.2) is 71.7 Å². The summed E-state index contributed by atoms with van der Waals surface area (Å²) >= 11 is 3.44. The zero-order valence-corrected chi connectivity index (χ0v) is 18.0. The van der Waals surface area contributed by atoms with E-state index in [-0.39, 0.29) is 6.10 Å². The highest BCUT2D eigenvalue weighted by atomic mass is 79.9. The molecule has 0 spiro atoms. The van der Waals surface area contributed by atoms with Crippen LogP contribution >= 0.6 is 15.9 Å². The van der Waals surface area contributed by atoms with Crippen LogP contribution in [0.1, 0.15) is 17.5 Å². The van der Waals surface area contributed by atoms with Gasteiger partial charge in [-0.1, -0.05) is 45.8 Å². The Kier molecular flexibility index (Phi) is 6.33. The first-order chi connectivity index (χ1) is 14.1. The van der Waals surface area contributed by atoms with Crippen molar-refractivity contribution in [3.63, 3.8) is 0 Å². The third-order valence-corrected chi connectivity index (χ3v) is 5.59.